The van der Waals surface area contributed by atoms with Crippen LogP contribution in [-0.4, -0.2) is 0 Å². The summed E-state index contributed by atoms with van der Waals surface area (Å²) in [5.41, 5.74) is 2.18. The molecule has 0 radical (unpaired) electrons. The molecule has 0 spiro atoms. The predicted molar refractivity (Wildman–Crippen MR) is 96.6 cm³/mol. The van der Waals surface area contributed by atoms with Crippen LogP contribution in [-0.2, 0) is 6.18 Å². The maximum absolute atomic E-state index is 12.7. The van der Waals surface area contributed by atoms with Crippen molar-refractivity contribution in [2.24, 2.45) is 17.8 Å². The van der Waals surface area contributed by atoms with E-state index in [1.165, 1.54) is 50.7 Å². The highest BCUT2D eigenvalue weighted by molar-refractivity contribution is 6.25. The van der Waals surface area contributed by atoms with Crippen LogP contribution in [0.4, 0.5) is 13.2 Å². The molecule has 0 aromatic heterocycles. The van der Waals surface area contributed by atoms with Gasteiger partial charge in [0.2, 0.25) is 0 Å². The zero-order valence-electron chi connectivity index (χ0n) is 14.4. The molecular weight excluding hydrogens is 345 g/mol. The number of hydrogen-bond acceptors (Lipinski definition) is 0. The Hall–Kier alpha value is -0.960. The van der Waals surface area contributed by atoms with E-state index in [9.17, 15) is 13.2 Å². The fourth-order valence-electron chi connectivity index (χ4n) is 4.78. The van der Waals surface area contributed by atoms with Gasteiger partial charge in [-0.25, -0.2) is 0 Å². The van der Waals surface area contributed by atoms with E-state index in [0.29, 0.717) is 11.8 Å². The molecule has 0 atom stereocenters. The van der Waals surface area contributed by atoms with Crippen LogP contribution in [0.5, 0.6) is 0 Å². The third-order valence-corrected chi connectivity index (χ3v) is 6.45. The molecule has 0 N–H and O–H groups in total. The lowest BCUT2D eigenvalue weighted by Crippen LogP contribution is -2.25. The van der Waals surface area contributed by atoms with Gasteiger partial charge in [-0.15, -0.1) is 0 Å². The van der Waals surface area contributed by atoms with Crippen molar-refractivity contribution in [2.75, 3.05) is 0 Å². The van der Waals surface area contributed by atoms with Crippen molar-refractivity contribution in [3.63, 3.8) is 0 Å². The van der Waals surface area contributed by atoms with Gasteiger partial charge in [-0.1, -0.05) is 29.8 Å². The topological polar surface area (TPSA) is 0 Å². The van der Waals surface area contributed by atoms with Crippen LogP contribution < -0.4 is 0 Å². The van der Waals surface area contributed by atoms with Crippen molar-refractivity contribution in [3.05, 3.63) is 47.0 Å². The third kappa shape index (κ3) is 4.81. The van der Waals surface area contributed by atoms with Gasteiger partial charge in [-0.05, 0) is 92.7 Å². The van der Waals surface area contributed by atoms with Gasteiger partial charge >= 0.3 is 6.18 Å². The van der Waals surface area contributed by atoms with Crippen LogP contribution in [0.2, 0.25) is 0 Å². The highest BCUT2D eigenvalue weighted by atomic mass is 35.5. The molecule has 0 nitrogen and oxygen atoms in total. The molecule has 0 saturated heterocycles. The van der Waals surface area contributed by atoms with Gasteiger partial charge in [0.1, 0.15) is 0 Å². The molecule has 0 heterocycles. The predicted octanol–water partition coefficient (Wildman–Crippen LogP) is 7.54. The largest absolute Gasteiger partial charge is 0.416 e. The van der Waals surface area contributed by atoms with Crippen LogP contribution in [0.1, 0.15) is 68.4 Å². The second kappa shape index (κ2) is 8.16. The van der Waals surface area contributed by atoms with Gasteiger partial charge in [0.25, 0.3) is 0 Å². The Morgan fingerprint density at radius 2 is 1.32 bits per heavy atom. The van der Waals surface area contributed by atoms with Gasteiger partial charge in [-0.2, -0.15) is 13.2 Å². The van der Waals surface area contributed by atoms with E-state index in [0.717, 1.165) is 30.2 Å². The molecular formula is C21H26ClF3. The number of benzene rings is 1. The Morgan fingerprint density at radius 1 is 0.800 bits per heavy atom. The van der Waals surface area contributed by atoms with Crippen LogP contribution in [0.3, 0.4) is 0 Å². The highest BCUT2D eigenvalue weighted by Crippen LogP contribution is 2.44. The van der Waals surface area contributed by atoms with Gasteiger partial charge in [0.15, 0.2) is 0 Å². The van der Waals surface area contributed by atoms with Gasteiger partial charge < -0.3 is 0 Å². The zero-order chi connectivity index (χ0) is 17.9. The Bertz CT molecular complexity index is 560. The van der Waals surface area contributed by atoms with Crippen molar-refractivity contribution >= 4 is 11.6 Å². The fourth-order valence-corrected chi connectivity index (χ4v) is 4.99. The molecule has 2 fully saturated rings. The summed E-state index contributed by atoms with van der Waals surface area (Å²) in [5.74, 6) is 2.70. The zero-order valence-corrected chi connectivity index (χ0v) is 15.2. The summed E-state index contributed by atoms with van der Waals surface area (Å²) in [4.78, 5) is 0. The van der Waals surface area contributed by atoms with E-state index in [1.807, 2.05) is 0 Å². The van der Waals surface area contributed by atoms with Crippen LogP contribution in [0.25, 0.3) is 0 Å². The summed E-state index contributed by atoms with van der Waals surface area (Å²) in [5, 5.41) is 0. The first-order valence-electron chi connectivity index (χ1n) is 9.41. The van der Waals surface area contributed by atoms with E-state index < -0.39 is 11.7 Å². The maximum Gasteiger partial charge on any atom is 0.416 e. The van der Waals surface area contributed by atoms with Crippen molar-refractivity contribution in [2.45, 2.75) is 63.5 Å². The second-order valence-electron chi connectivity index (χ2n) is 7.72. The van der Waals surface area contributed by atoms with Crippen LogP contribution >= 0.6 is 11.6 Å². The third-order valence-electron chi connectivity index (χ3n) is 6.31. The lowest BCUT2D eigenvalue weighted by Gasteiger charge is -2.37. The smallest absolute Gasteiger partial charge is 0.166 e. The van der Waals surface area contributed by atoms with Crippen LogP contribution in [0, 0.1) is 17.8 Å². The van der Waals surface area contributed by atoms with Crippen molar-refractivity contribution in [3.8, 4) is 0 Å². The normalized spacial score (nSPS) is 31.4. The molecule has 0 amide bonds. The Labute approximate surface area is 153 Å². The Morgan fingerprint density at radius 3 is 1.80 bits per heavy atom. The van der Waals surface area contributed by atoms with E-state index in [1.54, 1.807) is 17.7 Å². The van der Waals surface area contributed by atoms with E-state index in [-0.39, 0.29) is 0 Å². The molecule has 138 valence electrons. The lowest BCUT2D eigenvalue weighted by atomic mass is 9.68. The minimum absolute atomic E-state index is 0.425. The van der Waals surface area contributed by atoms with E-state index >= 15 is 0 Å². The first-order valence-corrected chi connectivity index (χ1v) is 9.85. The summed E-state index contributed by atoms with van der Waals surface area (Å²) in [6.07, 6.45) is 7.60. The van der Waals surface area contributed by atoms with Gasteiger partial charge in [-0.3, -0.25) is 0 Å². The molecule has 1 aromatic rings. The average Bonchev–Trinajstić information content (AvgIpc) is 2.62. The molecule has 2 saturated carbocycles. The molecule has 0 aliphatic heterocycles. The molecule has 25 heavy (non-hydrogen) atoms. The molecule has 3 rings (SSSR count). The monoisotopic (exact) mass is 370 g/mol. The fraction of sp³-hybridized carbons (Fsp3) is 0.619. The summed E-state index contributed by atoms with van der Waals surface area (Å²) < 4.78 is 38.1. The quantitative estimate of drug-likeness (QED) is 0.515. The number of allylic oxidation sites excluding steroid dienone is 1. The standard InChI is InChI=1S/C21H26ClF3/c22-14-13-15-1-3-16(4-2-15)17-5-7-18(8-6-17)19-9-11-20(12-10-19)21(23,24)25/h9-18H,1-8H2/b14-13+/t15-,16-,17?,18?. The van der Waals surface area contributed by atoms with Crippen molar-refractivity contribution in [1.29, 1.82) is 0 Å². The molecule has 2 aliphatic rings. The summed E-state index contributed by atoms with van der Waals surface area (Å²) in [6.45, 7) is 0. The van der Waals surface area contributed by atoms with Gasteiger partial charge in [0.05, 0.1) is 5.56 Å². The van der Waals surface area contributed by atoms with E-state index in [2.05, 4.69) is 6.08 Å². The average molecular weight is 371 g/mol. The van der Waals surface area contributed by atoms with Crippen molar-refractivity contribution < 1.29 is 13.2 Å². The molecule has 0 bridgehead atoms. The summed E-state index contributed by atoms with van der Waals surface area (Å²) >= 11 is 5.69. The number of alkyl halides is 3. The number of rotatable bonds is 3. The molecule has 1 aromatic carbocycles. The minimum Gasteiger partial charge on any atom is -0.166 e. The highest BCUT2D eigenvalue weighted by Gasteiger charge is 2.32. The molecule has 0 unspecified atom stereocenters. The maximum atomic E-state index is 12.7. The second-order valence-corrected chi connectivity index (χ2v) is 7.98. The van der Waals surface area contributed by atoms with Crippen LogP contribution in [0.15, 0.2) is 35.9 Å². The Balaban J connectivity index is 1.50. The minimum atomic E-state index is -4.24. The molecule has 2 aliphatic carbocycles. The van der Waals surface area contributed by atoms with Gasteiger partial charge in [0, 0.05) is 5.54 Å². The first-order chi connectivity index (χ1) is 12.0. The SMILES string of the molecule is FC(F)(F)c1ccc(C2CCC([C@H]3CC[C@H](/C=C/Cl)CC3)CC2)cc1. The first kappa shape index (κ1) is 18.8. The lowest BCUT2D eigenvalue weighted by molar-refractivity contribution is -0.137. The summed E-state index contributed by atoms with van der Waals surface area (Å²) in [7, 11) is 0. The summed E-state index contributed by atoms with van der Waals surface area (Å²) in [6, 6.07) is 5.81. The Kier molecular flexibility index (Phi) is 6.14. The number of halogens is 4. The molecule has 4 heteroatoms. The van der Waals surface area contributed by atoms with E-state index in [4.69, 9.17) is 11.6 Å². The van der Waals surface area contributed by atoms with Crippen molar-refractivity contribution in [1.82, 2.24) is 0 Å². The number of hydrogen-bond donors (Lipinski definition) is 0.